The Labute approximate surface area is 222 Å². The Morgan fingerprint density at radius 3 is 1.87 bits per heavy atom. The molecule has 1 heterocycles. The van der Waals surface area contributed by atoms with Gasteiger partial charge in [-0.15, -0.1) is 0 Å². The molecule has 0 spiro atoms. The number of hydrogen-bond donors (Lipinski definition) is 1. The first-order chi connectivity index (χ1) is 18.8. The van der Waals surface area contributed by atoms with Gasteiger partial charge in [-0.3, -0.25) is 0 Å². The van der Waals surface area contributed by atoms with Gasteiger partial charge in [0, 0.05) is 33.4 Å². The standard InChI is InChI=1S/C36H26N2/c1-3-11-27(12-4-1)31-15-7-9-17-34(31)37-29-22-19-26(20-23-29)28-21-24-33-32-16-8-10-18-35(32)38(36(33)25-28)30-13-5-2-6-14-30/h1-25,37H. The molecule has 38 heavy (non-hydrogen) atoms. The first-order valence-electron chi connectivity index (χ1n) is 13.0. The molecule has 0 radical (unpaired) electrons. The lowest BCUT2D eigenvalue weighted by Gasteiger charge is -2.13. The van der Waals surface area contributed by atoms with Gasteiger partial charge in [0.05, 0.1) is 11.0 Å². The van der Waals surface area contributed by atoms with Crippen LogP contribution >= 0.6 is 0 Å². The predicted molar refractivity (Wildman–Crippen MR) is 161 cm³/mol. The van der Waals surface area contributed by atoms with E-state index in [-0.39, 0.29) is 0 Å². The smallest absolute Gasteiger partial charge is 0.0547 e. The van der Waals surface area contributed by atoms with Crippen LogP contribution in [-0.4, -0.2) is 4.57 Å². The molecule has 2 nitrogen and oxygen atoms in total. The largest absolute Gasteiger partial charge is 0.355 e. The fourth-order valence-corrected chi connectivity index (χ4v) is 5.37. The Balaban J connectivity index is 1.26. The summed E-state index contributed by atoms with van der Waals surface area (Å²) in [5, 5.41) is 6.16. The molecule has 6 aromatic carbocycles. The summed E-state index contributed by atoms with van der Waals surface area (Å²) in [5.74, 6) is 0. The summed E-state index contributed by atoms with van der Waals surface area (Å²) < 4.78 is 2.37. The van der Waals surface area contributed by atoms with Gasteiger partial charge >= 0.3 is 0 Å². The summed E-state index contributed by atoms with van der Waals surface area (Å²) in [6, 6.07) is 53.7. The Morgan fingerprint density at radius 1 is 0.421 bits per heavy atom. The number of anilines is 2. The van der Waals surface area contributed by atoms with Crippen LogP contribution < -0.4 is 5.32 Å². The average molecular weight is 487 g/mol. The summed E-state index contributed by atoms with van der Waals surface area (Å²) in [7, 11) is 0. The maximum atomic E-state index is 3.62. The second kappa shape index (κ2) is 9.42. The van der Waals surface area contributed by atoms with Crippen molar-refractivity contribution < 1.29 is 0 Å². The molecule has 2 heteroatoms. The van der Waals surface area contributed by atoms with E-state index in [2.05, 4.69) is 162 Å². The molecule has 180 valence electrons. The van der Waals surface area contributed by atoms with Gasteiger partial charge in [0.1, 0.15) is 0 Å². The molecule has 0 bridgehead atoms. The second-order valence-corrected chi connectivity index (χ2v) is 9.53. The van der Waals surface area contributed by atoms with Crippen LogP contribution in [-0.2, 0) is 0 Å². The van der Waals surface area contributed by atoms with Gasteiger partial charge in [0.15, 0.2) is 0 Å². The molecule has 0 unspecified atom stereocenters. The fourth-order valence-electron chi connectivity index (χ4n) is 5.37. The molecule has 0 aliphatic carbocycles. The molecule has 7 rings (SSSR count). The SMILES string of the molecule is c1ccc(-c2ccccc2Nc2ccc(-c3ccc4c5ccccc5n(-c5ccccc5)c4c3)cc2)cc1. The molecule has 0 saturated heterocycles. The van der Waals surface area contributed by atoms with E-state index in [4.69, 9.17) is 0 Å². The molecule has 1 aromatic heterocycles. The molecule has 0 aliphatic rings. The highest BCUT2D eigenvalue weighted by Crippen LogP contribution is 2.35. The van der Waals surface area contributed by atoms with Crippen molar-refractivity contribution in [3.63, 3.8) is 0 Å². The van der Waals surface area contributed by atoms with E-state index in [1.54, 1.807) is 0 Å². The Bertz CT molecular complexity index is 1860. The third-order valence-corrected chi connectivity index (χ3v) is 7.20. The van der Waals surface area contributed by atoms with Crippen molar-refractivity contribution in [1.29, 1.82) is 0 Å². The number of benzene rings is 6. The normalized spacial score (nSPS) is 11.2. The molecule has 0 saturated carbocycles. The van der Waals surface area contributed by atoms with Crippen LogP contribution in [0.3, 0.4) is 0 Å². The lowest BCUT2D eigenvalue weighted by Crippen LogP contribution is -1.94. The van der Waals surface area contributed by atoms with E-state index in [1.807, 2.05) is 0 Å². The highest BCUT2D eigenvalue weighted by atomic mass is 15.0. The van der Waals surface area contributed by atoms with Crippen LogP contribution in [0, 0.1) is 0 Å². The molecular formula is C36H26N2. The predicted octanol–water partition coefficient (Wildman–Crippen LogP) is 9.86. The minimum Gasteiger partial charge on any atom is -0.355 e. The zero-order valence-electron chi connectivity index (χ0n) is 20.9. The number of para-hydroxylation sites is 3. The summed E-state index contributed by atoms with van der Waals surface area (Å²) in [6.45, 7) is 0. The zero-order chi connectivity index (χ0) is 25.3. The van der Waals surface area contributed by atoms with E-state index in [1.165, 1.54) is 49.7 Å². The second-order valence-electron chi connectivity index (χ2n) is 9.53. The molecule has 0 atom stereocenters. The molecule has 0 fully saturated rings. The Hall–Kier alpha value is -5.08. The number of nitrogens with zero attached hydrogens (tertiary/aromatic N) is 1. The maximum Gasteiger partial charge on any atom is 0.0547 e. The van der Waals surface area contributed by atoms with Crippen molar-refractivity contribution in [2.24, 2.45) is 0 Å². The van der Waals surface area contributed by atoms with Crippen molar-refractivity contribution in [2.75, 3.05) is 5.32 Å². The monoisotopic (exact) mass is 486 g/mol. The summed E-state index contributed by atoms with van der Waals surface area (Å²) in [6.07, 6.45) is 0. The van der Waals surface area contributed by atoms with Crippen LogP contribution in [0.1, 0.15) is 0 Å². The van der Waals surface area contributed by atoms with E-state index >= 15 is 0 Å². The van der Waals surface area contributed by atoms with Crippen LogP contribution in [0.2, 0.25) is 0 Å². The highest BCUT2D eigenvalue weighted by Gasteiger charge is 2.13. The molecule has 0 amide bonds. The highest BCUT2D eigenvalue weighted by molar-refractivity contribution is 6.10. The summed E-state index contributed by atoms with van der Waals surface area (Å²) in [5.41, 5.74) is 10.6. The van der Waals surface area contributed by atoms with Crippen molar-refractivity contribution in [2.45, 2.75) is 0 Å². The Kier molecular flexibility index (Phi) is 5.49. The molecule has 1 N–H and O–H groups in total. The van der Waals surface area contributed by atoms with Gasteiger partial charge in [-0.2, -0.15) is 0 Å². The van der Waals surface area contributed by atoms with Gasteiger partial charge < -0.3 is 9.88 Å². The van der Waals surface area contributed by atoms with E-state index in [0.29, 0.717) is 0 Å². The van der Waals surface area contributed by atoms with Crippen molar-refractivity contribution in [1.82, 2.24) is 4.57 Å². The first-order valence-corrected chi connectivity index (χ1v) is 13.0. The van der Waals surface area contributed by atoms with Crippen LogP contribution in [0.25, 0.3) is 49.7 Å². The number of rotatable bonds is 5. The van der Waals surface area contributed by atoms with E-state index in [0.717, 1.165) is 11.4 Å². The van der Waals surface area contributed by atoms with Crippen LogP contribution in [0.4, 0.5) is 11.4 Å². The first kappa shape index (κ1) is 22.1. The van der Waals surface area contributed by atoms with Crippen molar-refractivity contribution >= 4 is 33.2 Å². The van der Waals surface area contributed by atoms with E-state index < -0.39 is 0 Å². The maximum absolute atomic E-state index is 3.62. The minimum atomic E-state index is 1.07. The molecule has 7 aromatic rings. The van der Waals surface area contributed by atoms with Gasteiger partial charge in [0.25, 0.3) is 0 Å². The minimum absolute atomic E-state index is 1.07. The van der Waals surface area contributed by atoms with Gasteiger partial charge in [0.2, 0.25) is 0 Å². The number of hydrogen-bond acceptors (Lipinski definition) is 1. The fraction of sp³-hybridized carbons (Fsp3) is 0. The molecular weight excluding hydrogens is 460 g/mol. The average Bonchev–Trinajstić information content (AvgIpc) is 3.32. The number of fused-ring (bicyclic) bond motifs is 3. The van der Waals surface area contributed by atoms with Gasteiger partial charge in [-0.25, -0.2) is 0 Å². The van der Waals surface area contributed by atoms with Gasteiger partial charge in [-0.05, 0) is 59.2 Å². The summed E-state index contributed by atoms with van der Waals surface area (Å²) >= 11 is 0. The number of aromatic nitrogens is 1. The third-order valence-electron chi connectivity index (χ3n) is 7.20. The number of nitrogens with one attached hydrogen (secondary N) is 1. The quantitative estimate of drug-likeness (QED) is 0.256. The third kappa shape index (κ3) is 3.93. The summed E-state index contributed by atoms with van der Waals surface area (Å²) in [4.78, 5) is 0. The van der Waals surface area contributed by atoms with Crippen LogP contribution in [0.15, 0.2) is 152 Å². The molecule has 0 aliphatic heterocycles. The van der Waals surface area contributed by atoms with Crippen molar-refractivity contribution in [3.8, 4) is 27.9 Å². The topological polar surface area (TPSA) is 17.0 Å². The van der Waals surface area contributed by atoms with E-state index in [9.17, 15) is 0 Å². The van der Waals surface area contributed by atoms with Crippen LogP contribution in [0.5, 0.6) is 0 Å². The lowest BCUT2D eigenvalue weighted by atomic mass is 10.0. The van der Waals surface area contributed by atoms with Crippen molar-refractivity contribution in [3.05, 3.63) is 152 Å². The lowest BCUT2D eigenvalue weighted by molar-refractivity contribution is 1.18. The Morgan fingerprint density at radius 2 is 1.05 bits per heavy atom. The van der Waals surface area contributed by atoms with Gasteiger partial charge in [-0.1, -0.05) is 109 Å². The zero-order valence-corrected chi connectivity index (χ0v) is 20.9.